The van der Waals surface area contributed by atoms with Gasteiger partial charge < -0.3 is 25.2 Å². The smallest absolute Gasteiger partial charge is 0.110 e. The Balaban J connectivity index is 1.67. The lowest BCUT2D eigenvalue weighted by Gasteiger charge is -2.42. The van der Waals surface area contributed by atoms with E-state index >= 15 is 0 Å². The van der Waals surface area contributed by atoms with Gasteiger partial charge in [0, 0.05) is 11.0 Å². The Kier molecular flexibility index (Phi) is 9.92. The van der Waals surface area contributed by atoms with Gasteiger partial charge in [0.15, 0.2) is 0 Å². The Morgan fingerprint density at radius 1 is 1.21 bits per heavy atom. The van der Waals surface area contributed by atoms with Crippen LogP contribution in [0.25, 0.3) is 0 Å². The fraction of sp³-hybridized carbons (Fsp3) is 0.786. The summed E-state index contributed by atoms with van der Waals surface area (Å²) in [5.41, 5.74) is 3.67. The Morgan fingerprint density at radius 3 is 2.50 bits per heavy atom. The maximum absolute atomic E-state index is 10.7. The molecule has 0 spiro atoms. The molecule has 3 aliphatic rings. The molecule has 0 radical (unpaired) electrons. The molecular weight excluding hydrogens is 448 g/mol. The van der Waals surface area contributed by atoms with Gasteiger partial charge in [-0.2, -0.15) is 11.8 Å². The largest absolute Gasteiger partial charge is 0.394 e. The minimum Gasteiger partial charge on any atom is -0.394 e. The van der Waals surface area contributed by atoms with Crippen LogP contribution >= 0.6 is 11.8 Å². The van der Waals surface area contributed by atoms with Crippen molar-refractivity contribution in [1.82, 2.24) is 0 Å². The molecule has 3 rings (SSSR count). The first kappa shape index (κ1) is 27.9. The molecule has 4 N–H and O–H groups in total. The minimum absolute atomic E-state index is 0.115. The normalized spacial score (nSPS) is 34.2. The monoisotopic (exact) mass is 494 g/mol. The van der Waals surface area contributed by atoms with E-state index in [2.05, 4.69) is 45.9 Å². The lowest BCUT2D eigenvalue weighted by atomic mass is 9.64. The summed E-state index contributed by atoms with van der Waals surface area (Å²) in [6.07, 6.45) is 11.8. The highest BCUT2D eigenvalue weighted by molar-refractivity contribution is 8.00. The quantitative estimate of drug-likeness (QED) is 0.333. The molecule has 0 aliphatic heterocycles. The molecule has 194 valence electrons. The van der Waals surface area contributed by atoms with Gasteiger partial charge in [0.05, 0.1) is 31.0 Å². The van der Waals surface area contributed by atoms with E-state index in [-0.39, 0.29) is 18.6 Å². The van der Waals surface area contributed by atoms with Crippen LogP contribution in [-0.4, -0.2) is 68.6 Å². The molecule has 0 aromatic rings. The number of aliphatic hydroxyl groups is 4. The second-order valence-corrected chi connectivity index (χ2v) is 12.1. The van der Waals surface area contributed by atoms with E-state index in [1.54, 1.807) is 5.57 Å². The number of hydrogen-bond acceptors (Lipinski definition) is 6. The third-order valence-electron chi connectivity index (χ3n) is 8.60. The first-order chi connectivity index (χ1) is 16.2. The van der Waals surface area contributed by atoms with Crippen LogP contribution in [0.15, 0.2) is 34.9 Å². The number of thioether (sulfide) groups is 1. The summed E-state index contributed by atoms with van der Waals surface area (Å²) in [7, 11) is 0. The van der Waals surface area contributed by atoms with Crippen molar-refractivity contribution in [3.05, 3.63) is 34.9 Å². The van der Waals surface area contributed by atoms with Crippen LogP contribution in [0.1, 0.15) is 79.1 Å². The molecule has 0 amide bonds. The van der Waals surface area contributed by atoms with Crippen LogP contribution in [-0.2, 0) is 4.74 Å². The van der Waals surface area contributed by atoms with Crippen LogP contribution in [0.4, 0.5) is 0 Å². The van der Waals surface area contributed by atoms with Gasteiger partial charge in [-0.3, -0.25) is 0 Å². The van der Waals surface area contributed by atoms with Crippen molar-refractivity contribution in [3.63, 3.8) is 0 Å². The van der Waals surface area contributed by atoms with E-state index < -0.39 is 23.9 Å². The van der Waals surface area contributed by atoms with Crippen molar-refractivity contribution in [3.8, 4) is 0 Å². The minimum atomic E-state index is -0.751. The Labute approximate surface area is 210 Å². The highest BCUT2D eigenvalue weighted by atomic mass is 32.2. The average Bonchev–Trinajstić information content (AvgIpc) is 3.18. The summed E-state index contributed by atoms with van der Waals surface area (Å²) in [6.45, 7) is 8.88. The van der Waals surface area contributed by atoms with E-state index in [1.165, 1.54) is 18.4 Å². The number of aliphatic hydroxyl groups excluding tert-OH is 3. The summed E-state index contributed by atoms with van der Waals surface area (Å²) >= 11 is 1.89. The molecule has 0 aromatic carbocycles. The number of rotatable bonds is 10. The second kappa shape index (κ2) is 12.1. The zero-order valence-corrected chi connectivity index (χ0v) is 22.3. The molecule has 34 heavy (non-hydrogen) atoms. The second-order valence-electron chi connectivity index (χ2n) is 10.8. The molecule has 2 saturated carbocycles. The van der Waals surface area contributed by atoms with Crippen LogP contribution < -0.4 is 0 Å². The number of ether oxygens (including phenoxy) is 1. The summed E-state index contributed by atoms with van der Waals surface area (Å²) < 4.78 is 5.44. The Bertz CT molecular complexity index is 757. The van der Waals surface area contributed by atoms with Crippen LogP contribution in [0.3, 0.4) is 0 Å². The lowest BCUT2D eigenvalue weighted by molar-refractivity contribution is -0.115. The fourth-order valence-corrected chi connectivity index (χ4v) is 7.70. The van der Waals surface area contributed by atoms with Crippen molar-refractivity contribution in [1.29, 1.82) is 0 Å². The maximum Gasteiger partial charge on any atom is 0.110 e. The van der Waals surface area contributed by atoms with E-state index in [1.807, 2.05) is 11.8 Å². The predicted molar refractivity (Wildman–Crippen MR) is 140 cm³/mol. The molecule has 0 bridgehead atoms. The molecule has 5 atom stereocenters. The SMILES string of the molecule is CCC(O)(CC)CS[C@@H](C)C1=CC[C@H]2/C(=C/C=C3C[C@@H](O)C(OCCO)[C@H](O)C3)CCC[C@]12C. The van der Waals surface area contributed by atoms with Gasteiger partial charge in [-0.05, 0) is 69.6 Å². The fourth-order valence-electron chi connectivity index (χ4n) is 6.19. The van der Waals surface area contributed by atoms with Gasteiger partial charge in [-0.1, -0.05) is 55.7 Å². The van der Waals surface area contributed by atoms with Gasteiger partial charge in [-0.15, -0.1) is 0 Å². The van der Waals surface area contributed by atoms with Crippen molar-refractivity contribution in [2.24, 2.45) is 11.3 Å². The topological polar surface area (TPSA) is 90.2 Å². The average molecular weight is 495 g/mol. The maximum atomic E-state index is 10.7. The highest BCUT2D eigenvalue weighted by Gasteiger charge is 2.46. The van der Waals surface area contributed by atoms with Crippen LogP contribution in [0, 0.1) is 11.3 Å². The van der Waals surface area contributed by atoms with E-state index in [4.69, 9.17) is 9.84 Å². The van der Waals surface area contributed by atoms with Crippen molar-refractivity contribution in [2.75, 3.05) is 19.0 Å². The third kappa shape index (κ3) is 6.19. The van der Waals surface area contributed by atoms with E-state index in [0.29, 0.717) is 24.0 Å². The molecule has 0 saturated heterocycles. The summed E-state index contributed by atoms with van der Waals surface area (Å²) in [6, 6.07) is 0. The summed E-state index contributed by atoms with van der Waals surface area (Å²) in [4.78, 5) is 0. The van der Waals surface area contributed by atoms with Gasteiger partial charge in [0.1, 0.15) is 6.10 Å². The predicted octanol–water partition coefficient (Wildman–Crippen LogP) is 4.54. The summed E-state index contributed by atoms with van der Waals surface area (Å²) in [5.74, 6) is 1.29. The first-order valence-corrected chi connectivity index (χ1v) is 14.2. The van der Waals surface area contributed by atoms with E-state index in [9.17, 15) is 15.3 Å². The number of allylic oxidation sites excluding steroid dienone is 4. The first-order valence-electron chi connectivity index (χ1n) is 13.2. The van der Waals surface area contributed by atoms with Crippen LogP contribution in [0.2, 0.25) is 0 Å². The molecule has 0 heterocycles. The zero-order valence-electron chi connectivity index (χ0n) is 21.5. The molecule has 5 nitrogen and oxygen atoms in total. The lowest BCUT2D eigenvalue weighted by Crippen LogP contribution is -2.44. The molecular formula is C28H46O5S. The Morgan fingerprint density at radius 2 is 1.88 bits per heavy atom. The molecule has 3 aliphatic carbocycles. The molecule has 2 fully saturated rings. The van der Waals surface area contributed by atoms with Crippen molar-refractivity contribution in [2.45, 2.75) is 108 Å². The van der Waals surface area contributed by atoms with Gasteiger partial charge in [-0.25, -0.2) is 0 Å². The van der Waals surface area contributed by atoms with Crippen molar-refractivity contribution < 1.29 is 25.2 Å². The third-order valence-corrected chi connectivity index (χ3v) is 10.1. The van der Waals surface area contributed by atoms with E-state index in [0.717, 1.165) is 37.0 Å². The summed E-state index contributed by atoms with van der Waals surface area (Å²) in [5, 5.41) is 41.0. The van der Waals surface area contributed by atoms with Gasteiger partial charge >= 0.3 is 0 Å². The van der Waals surface area contributed by atoms with Gasteiger partial charge in [0.25, 0.3) is 0 Å². The highest BCUT2D eigenvalue weighted by Crippen LogP contribution is 2.57. The van der Waals surface area contributed by atoms with Gasteiger partial charge in [0.2, 0.25) is 0 Å². The molecule has 0 unspecified atom stereocenters. The van der Waals surface area contributed by atoms with Crippen LogP contribution in [0.5, 0.6) is 0 Å². The zero-order chi connectivity index (χ0) is 24.9. The number of hydrogen-bond donors (Lipinski definition) is 4. The number of fused-ring (bicyclic) bond motifs is 1. The van der Waals surface area contributed by atoms with Crippen molar-refractivity contribution >= 4 is 11.8 Å². The molecule has 0 aromatic heterocycles. The molecule has 6 heteroatoms. The Hall–Kier alpha value is -0.630. The standard InChI is InChI=1S/C28H46O5S/c1-5-28(32,6-2)18-34-19(3)22-11-12-23-21(8-7-13-27(22,23)4)10-9-20-16-24(30)26(25(31)17-20)33-15-14-29/h9-11,19,23-26,29-32H,5-8,12-18H2,1-4H3/b20-9?,21-10+/t19-,23-,24+,25+,26?,27+/m0/s1.